The van der Waals surface area contributed by atoms with Gasteiger partial charge in [0.05, 0.1) is 19.2 Å². The Morgan fingerprint density at radius 2 is 2.50 bits per heavy atom. The number of amides is 1. The van der Waals surface area contributed by atoms with Gasteiger partial charge >= 0.3 is 0 Å². The number of likely N-dealkylation sites (tertiary alicyclic amines) is 1. The smallest absolute Gasteiger partial charge is 0.235 e. The van der Waals surface area contributed by atoms with Crippen molar-refractivity contribution in [1.82, 2.24) is 10.2 Å². The van der Waals surface area contributed by atoms with Gasteiger partial charge in [-0.3, -0.25) is 9.69 Å². The van der Waals surface area contributed by atoms with Crippen molar-refractivity contribution >= 4 is 5.91 Å². The minimum atomic E-state index is -0.146. The normalized spacial score (nSPS) is 21.9. The van der Waals surface area contributed by atoms with Crippen molar-refractivity contribution in [1.29, 1.82) is 5.26 Å². The summed E-state index contributed by atoms with van der Waals surface area (Å²) >= 11 is 0. The molecule has 1 atom stereocenters. The van der Waals surface area contributed by atoms with E-state index in [1.807, 2.05) is 11.0 Å². The van der Waals surface area contributed by atoms with Gasteiger partial charge in [-0.15, -0.1) is 0 Å². The second-order valence-corrected chi connectivity index (χ2v) is 3.38. The monoisotopic (exact) mass is 197 g/mol. The van der Waals surface area contributed by atoms with E-state index in [0.29, 0.717) is 0 Å². The molecule has 0 saturated carbocycles. The minimum Gasteiger partial charge on any atom is -0.395 e. The first kappa shape index (κ1) is 11.0. The molecule has 1 saturated heterocycles. The fourth-order valence-corrected chi connectivity index (χ4v) is 1.69. The van der Waals surface area contributed by atoms with Crippen LogP contribution >= 0.6 is 0 Å². The first-order chi connectivity index (χ1) is 6.77. The summed E-state index contributed by atoms with van der Waals surface area (Å²) in [7, 11) is 0. The van der Waals surface area contributed by atoms with Crippen LogP contribution in [-0.2, 0) is 4.79 Å². The van der Waals surface area contributed by atoms with E-state index in [2.05, 4.69) is 5.32 Å². The maximum Gasteiger partial charge on any atom is 0.235 e. The Balaban J connectivity index is 2.29. The van der Waals surface area contributed by atoms with Crippen molar-refractivity contribution in [3.05, 3.63) is 0 Å². The van der Waals surface area contributed by atoms with Crippen LogP contribution in [0.1, 0.15) is 12.8 Å². The predicted molar refractivity (Wildman–Crippen MR) is 50.3 cm³/mol. The molecule has 14 heavy (non-hydrogen) atoms. The predicted octanol–water partition coefficient (Wildman–Crippen LogP) is -0.917. The summed E-state index contributed by atoms with van der Waals surface area (Å²) in [6, 6.07) is 1.96. The van der Waals surface area contributed by atoms with E-state index >= 15 is 0 Å². The Morgan fingerprint density at radius 1 is 1.71 bits per heavy atom. The van der Waals surface area contributed by atoms with Crippen LogP contribution in [0, 0.1) is 11.3 Å². The zero-order valence-corrected chi connectivity index (χ0v) is 8.07. The highest BCUT2D eigenvalue weighted by Gasteiger charge is 2.24. The van der Waals surface area contributed by atoms with Crippen LogP contribution in [0.3, 0.4) is 0 Å². The highest BCUT2D eigenvalue weighted by Crippen LogP contribution is 2.15. The van der Waals surface area contributed by atoms with Gasteiger partial charge in [0.2, 0.25) is 5.91 Å². The van der Waals surface area contributed by atoms with E-state index in [1.54, 1.807) is 0 Å². The molecular formula is C9H15N3O2. The Bertz CT molecular complexity index is 237. The molecule has 0 spiro atoms. The van der Waals surface area contributed by atoms with Crippen LogP contribution < -0.4 is 5.32 Å². The number of hydrogen-bond donors (Lipinski definition) is 2. The van der Waals surface area contributed by atoms with Crippen molar-refractivity contribution in [3.63, 3.8) is 0 Å². The third kappa shape index (κ3) is 2.98. The Hall–Kier alpha value is -1.12. The van der Waals surface area contributed by atoms with Gasteiger partial charge in [0.15, 0.2) is 0 Å². The minimum absolute atomic E-state index is 0.0520. The number of nitriles is 1. The summed E-state index contributed by atoms with van der Waals surface area (Å²) < 4.78 is 0. The van der Waals surface area contributed by atoms with E-state index in [9.17, 15) is 4.79 Å². The molecule has 5 nitrogen and oxygen atoms in total. The third-order valence-electron chi connectivity index (χ3n) is 2.42. The van der Waals surface area contributed by atoms with Crippen molar-refractivity contribution in [3.8, 4) is 6.07 Å². The molecule has 1 amide bonds. The third-order valence-corrected chi connectivity index (χ3v) is 2.42. The largest absolute Gasteiger partial charge is 0.395 e. The quantitative estimate of drug-likeness (QED) is 0.572. The number of nitrogens with zero attached hydrogens (tertiary/aromatic N) is 2. The summed E-state index contributed by atoms with van der Waals surface area (Å²) in [5.41, 5.74) is 0. The van der Waals surface area contributed by atoms with Crippen molar-refractivity contribution in [2.75, 3.05) is 26.2 Å². The zero-order chi connectivity index (χ0) is 10.4. The second kappa shape index (κ2) is 5.58. The number of aliphatic hydroxyl groups excluding tert-OH is 1. The first-order valence-electron chi connectivity index (χ1n) is 4.76. The van der Waals surface area contributed by atoms with Crippen LogP contribution in [0.4, 0.5) is 0 Å². The molecule has 0 radical (unpaired) electrons. The first-order valence-corrected chi connectivity index (χ1v) is 4.76. The van der Waals surface area contributed by atoms with Crippen molar-refractivity contribution in [2.45, 2.75) is 18.9 Å². The van der Waals surface area contributed by atoms with Gasteiger partial charge in [-0.1, -0.05) is 0 Å². The average Bonchev–Trinajstić information content (AvgIpc) is 2.62. The van der Waals surface area contributed by atoms with Gasteiger partial charge in [-0.05, 0) is 19.4 Å². The molecule has 1 heterocycles. The van der Waals surface area contributed by atoms with Gasteiger partial charge in [0.1, 0.15) is 6.54 Å². The summed E-state index contributed by atoms with van der Waals surface area (Å²) in [5, 5.41) is 19.7. The zero-order valence-electron chi connectivity index (χ0n) is 8.07. The molecule has 0 bridgehead atoms. The summed E-state index contributed by atoms with van der Waals surface area (Å²) in [5.74, 6) is -0.146. The average molecular weight is 197 g/mol. The van der Waals surface area contributed by atoms with E-state index in [0.717, 1.165) is 19.4 Å². The molecule has 5 heteroatoms. The fourth-order valence-electron chi connectivity index (χ4n) is 1.69. The molecule has 1 aliphatic heterocycles. The molecule has 1 rings (SSSR count). The van der Waals surface area contributed by atoms with E-state index < -0.39 is 0 Å². The number of rotatable bonds is 4. The summed E-state index contributed by atoms with van der Waals surface area (Å²) in [4.78, 5) is 13.2. The molecule has 0 aromatic rings. The molecule has 0 unspecified atom stereocenters. The molecule has 78 valence electrons. The lowest BCUT2D eigenvalue weighted by Crippen LogP contribution is -2.41. The van der Waals surface area contributed by atoms with E-state index in [4.69, 9.17) is 10.4 Å². The van der Waals surface area contributed by atoms with Gasteiger partial charge in [-0.2, -0.15) is 5.26 Å². The van der Waals surface area contributed by atoms with Crippen LogP contribution in [0.5, 0.6) is 0 Å². The van der Waals surface area contributed by atoms with Gasteiger partial charge < -0.3 is 10.4 Å². The Kier molecular flexibility index (Phi) is 4.36. The van der Waals surface area contributed by atoms with Crippen LogP contribution in [0.15, 0.2) is 0 Å². The molecule has 0 aromatic carbocycles. The maximum atomic E-state index is 11.2. The highest BCUT2D eigenvalue weighted by molar-refractivity contribution is 5.78. The number of nitrogens with one attached hydrogen (secondary N) is 1. The lowest BCUT2D eigenvalue weighted by atomic mass is 10.2. The standard InChI is InChI=1S/C9H15N3O2/c10-3-4-11-9(14)6-12-5-1-2-8(12)7-13/h8,13H,1-2,4-7H2,(H,11,14)/t8-/m0/s1. The lowest BCUT2D eigenvalue weighted by Gasteiger charge is -2.21. The number of carbonyl (C=O) groups excluding carboxylic acids is 1. The van der Waals surface area contributed by atoms with E-state index in [-0.39, 0.29) is 31.6 Å². The Labute approximate surface area is 83.3 Å². The highest BCUT2D eigenvalue weighted by atomic mass is 16.3. The van der Waals surface area contributed by atoms with Gasteiger partial charge in [-0.25, -0.2) is 0 Å². The number of hydrogen-bond acceptors (Lipinski definition) is 4. The summed E-state index contributed by atoms with van der Waals surface area (Å²) in [6.07, 6.45) is 1.97. The van der Waals surface area contributed by atoms with E-state index in [1.165, 1.54) is 0 Å². The second-order valence-electron chi connectivity index (χ2n) is 3.38. The van der Waals surface area contributed by atoms with Crippen molar-refractivity contribution in [2.24, 2.45) is 0 Å². The molecular weight excluding hydrogens is 182 g/mol. The topological polar surface area (TPSA) is 76.4 Å². The molecule has 1 fully saturated rings. The molecule has 0 aliphatic carbocycles. The summed E-state index contributed by atoms with van der Waals surface area (Å²) in [6.45, 7) is 1.29. The van der Waals surface area contributed by atoms with Crippen LogP contribution in [0.25, 0.3) is 0 Å². The van der Waals surface area contributed by atoms with Gasteiger partial charge in [0, 0.05) is 6.04 Å². The molecule has 1 aliphatic rings. The fraction of sp³-hybridized carbons (Fsp3) is 0.778. The van der Waals surface area contributed by atoms with Gasteiger partial charge in [0.25, 0.3) is 0 Å². The lowest BCUT2D eigenvalue weighted by molar-refractivity contribution is -0.122. The molecule has 2 N–H and O–H groups in total. The Morgan fingerprint density at radius 3 is 3.14 bits per heavy atom. The number of aliphatic hydroxyl groups is 1. The maximum absolute atomic E-state index is 11.2. The van der Waals surface area contributed by atoms with Crippen molar-refractivity contribution < 1.29 is 9.90 Å². The van der Waals surface area contributed by atoms with Crippen LogP contribution in [0.2, 0.25) is 0 Å². The molecule has 0 aromatic heterocycles. The number of carbonyl (C=O) groups is 1. The SMILES string of the molecule is N#CCNC(=O)CN1CCC[C@H]1CO. The van der Waals surface area contributed by atoms with Crippen LogP contribution in [-0.4, -0.2) is 48.2 Å².